The maximum absolute atomic E-state index is 12.5. The van der Waals surface area contributed by atoms with Crippen molar-refractivity contribution in [2.45, 2.75) is 45.6 Å². The average molecular weight is 318 g/mol. The van der Waals surface area contributed by atoms with Gasteiger partial charge in [0, 0.05) is 18.7 Å². The molecular formula is C17H22N2O4. The van der Waals surface area contributed by atoms with E-state index in [1.54, 1.807) is 30.9 Å². The van der Waals surface area contributed by atoms with Gasteiger partial charge in [-0.2, -0.15) is 0 Å². The first-order valence-corrected chi connectivity index (χ1v) is 7.88. The number of piperidine rings is 1. The number of carbonyl (C=O) groups is 3. The monoisotopic (exact) mass is 318 g/mol. The first kappa shape index (κ1) is 17.0. The maximum atomic E-state index is 12.5. The highest BCUT2D eigenvalue weighted by Crippen LogP contribution is 2.21. The largest absolute Gasteiger partial charge is 0.478 e. The summed E-state index contributed by atoms with van der Waals surface area (Å²) in [5, 5.41) is 11.8. The van der Waals surface area contributed by atoms with Gasteiger partial charge in [-0.25, -0.2) is 4.79 Å². The summed E-state index contributed by atoms with van der Waals surface area (Å²) >= 11 is 0. The van der Waals surface area contributed by atoms with Crippen LogP contribution in [-0.2, 0) is 9.59 Å². The molecule has 1 aromatic carbocycles. The van der Waals surface area contributed by atoms with Gasteiger partial charge in [-0.3, -0.25) is 9.59 Å². The number of likely N-dealkylation sites (tertiary alicyclic amines) is 1. The summed E-state index contributed by atoms with van der Waals surface area (Å²) in [6, 6.07) is 4.23. The van der Waals surface area contributed by atoms with Crippen LogP contribution in [0.3, 0.4) is 0 Å². The Hall–Kier alpha value is -2.37. The van der Waals surface area contributed by atoms with E-state index in [0.29, 0.717) is 30.6 Å². The van der Waals surface area contributed by atoms with Crippen LogP contribution < -0.4 is 5.32 Å². The van der Waals surface area contributed by atoms with Crippen molar-refractivity contribution in [1.82, 2.24) is 4.90 Å². The molecule has 6 heteroatoms. The number of benzene rings is 1. The summed E-state index contributed by atoms with van der Waals surface area (Å²) in [5.74, 6) is -1.22. The van der Waals surface area contributed by atoms with E-state index in [1.165, 1.54) is 6.07 Å². The number of nitrogens with zero attached hydrogens (tertiary/aromatic N) is 1. The minimum atomic E-state index is -0.993. The van der Waals surface area contributed by atoms with Gasteiger partial charge >= 0.3 is 5.97 Å². The van der Waals surface area contributed by atoms with E-state index in [9.17, 15) is 14.4 Å². The fourth-order valence-corrected chi connectivity index (χ4v) is 2.91. The second-order valence-corrected chi connectivity index (χ2v) is 5.78. The normalized spacial score (nSPS) is 17.7. The van der Waals surface area contributed by atoms with Crippen molar-refractivity contribution in [3.8, 4) is 0 Å². The molecule has 0 bridgehead atoms. The lowest BCUT2D eigenvalue weighted by atomic mass is 10.0. The van der Waals surface area contributed by atoms with E-state index in [1.807, 2.05) is 0 Å². The maximum Gasteiger partial charge on any atom is 0.335 e. The lowest BCUT2D eigenvalue weighted by molar-refractivity contribution is -0.140. The fourth-order valence-electron chi connectivity index (χ4n) is 2.91. The van der Waals surface area contributed by atoms with Gasteiger partial charge in [0.2, 0.25) is 11.8 Å². The molecule has 1 saturated heterocycles. The number of amides is 2. The number of carboxylic acids is 1. The standard InChI is InChI=1S/C17H22N2O4/c1-3-15(20)19-9-5-4-6-14(19)16(21)18-12-7-8-13(17(22)23)11(2)10-12/h7-8,10,14H,3-6,9H2,1-2H3,(H,18,21)(H,22,23). The van der Waals surface area contributed by atoms with Gasteiger partial charge in [-0.1, -0.05) is 6.92 Å². The number of nitrogens with one attached hydrogen (secondary N) is 1. The van der Waals surface area contributed by atoms with Crippen molar-refractivity contribution in [1.29, 1.82) is 0 Å². The quantitative estimate of drug-likeness (QED) is 0.892. The van der Waals surface area contributed by atoms with E-state index in [0.717, 1.165) is 12.8 Å². The zero-order valence-electron chi connectivity index (χ0n) is 13.5. The van der Waals surface area contributed by atoms with Crippen LogP contribution in [0.25, 0.3) is 0 Å². The van der Waals surface area contributed by atoms with Crippen molar-refractivity contribution in [2.24, 2.45) is 0 Å². The van der Waals surface area contributed by atoms with E-state index in [2.05, 4.69) is 5.32 Å². The van der Waals surface area contributed by atoms with Gasteiger partial charge in [-0.15, -0.1) is 0 Å². The molecule has 0 aliphatic carbocycles. The molecule has 1 aliphatic rings. The zero-order valence-corrected chi connectivity index (χ0v) is 13.5. The number of carbonyl (C=O) groups excluding carboxylic acids is 2. The summed E-state index contributed by atoms with van der Waals surface area (Å²) in [6.45, 7) is 4.09. The van der Waals surface area contributed by atoms with Crippen LogP contribution in [0.15, 0.2) is 18.2 Å². The lowest BCUT2D eigenvalue weighted by Gasteiger charge is -2.34. The predicted octanol–water partition coefficient (Wildman–Crippen LogP) is 2.42. The zero-order chi connectivity index (χ0) is 17.0. The first-order valence-electron chi connectivity index (χ1n) is 7.88. The average Bonchev–Trinajstić information content (AvgIpc) is 2.53. The molecule has 0 spiro atoms. The second-order valence-electron chi connectivity index (χ2n) is 5.78. The Labute approximate surface area is 135 Å². The first-order chi connectivity index (χ1) is 10.9. The third-order valence-corrected chi connectivity index (χ3v) is 4.15. The molecule has 1 aliphatic heterocycles. The highest BCUT2D eigenvalue weighted by atomic mass is 16.4. The van der Waals surface area contributed by atoms with Crippen molar-refractivity contribution < 1.29 is 19.5 Å². The Morgan fingerprint density at radius 1 is 1.30 bits per heavy atom. The minimum Gasteiger partial charge on any atom is -0.478 e. The Bertz CT molecular complexity index is 627. The molecule has 0 radical (unpaired) electrons. The molecule has 0 aromatic heterocycles. The number of hydrogen-bond acceptors (Lipinski definition) is 3. The summed E-state index contributed by atoms with van der Waals surface area (Å²) < 4.78 is 0. The van der Waals surface area contributed by atoms with Crippen LogP contribution >= 0.6 is 0 Å². The van der Waals surface area contributed by atoms with E-state index in [-0.39, 0.29) is 17.4 Å². The smallest absolute Gasteiger partial charge is 0.335 e. The Kier molecular flexibility index (Phi) is 5.36. The van der Waals surface area contributed by atoms with Crippen LogP contribution in [0.5, 0.6) is 0 Å². The van der Waals surface area contributed by atoms with Crippen molar-refractivity contribution >= 4 is 23.5 Å². The van der Waals surface area contributed by atoms with Crippen LogP contribution in [0.1, 0.15) is 48.5 Å². The lowest BCUT2D eigenvalue weighted by Crippen LogP contribution is -2.49. The highest BCUT2D eigenvalue weighted by molar-refractivity contribution is 5.98. The van der Waals surface area contributed by atoms with Crippen molar-refractivity contribution in [2.75, 3.05) is 11.9 Å². The Morgan fingerprint density at radius 3 is 2.65 bits per heavy atom. The van der Waals surface area contributed by atoms with Gasteiger partial charge < -0.3 is 15.3 Å². The molecule has 2 N–H and O–H groups in total. The van der Waals surface area contributed by atoms with Crippen LogP contribution in [0.4, 0.5) is 5.69 Å². The van der Waals surface area contributed by atoms with E-state index >= 15 is 0 Å². The summed E-state index contributed by atoms with van der Waals surface area (Å²) in [5.41, 5.74) is 1.34. The van der Waals surface area contributed by atoms with Crippen LogP contribution in [0.2, 0.25) is 0 Å². The molecule has 6 nitrogen and oxygen atoms in total. The van der Waals surface area contributed by atoms with E-state index in [4.69, 9.17) is 5.11 Å². The highest BCUT2D eigenvalue weighted by Gasteiger charge is 2.31. The number of rotatable bonds is 4. The van der Waals surface area contributed by atoms with Gasteiger partial charge in [0.1, 0.15) is 6.04 Å². The summed E-state index contributed by atoms with van der Waals surface area (Å²) in [4.78, 5) is 37.2. The number of aryl methyl sites for hydroxylation is 1. The molecule has 23 heavy (non-hydrogen) atoms. The molecule has 2 rings (SSSR count). The molecule has 2 amide bonds. The third kappa shape index (κ3) is 3.88. The second kappa shape index (κ2) is 7.26. The number of hydrogen-bond donors (Lipinski definition) is 2. The van der Waals surface area contributed by atoms with Crippen LogP contribution in [-0.4, -0.2) is 40.4 Å². The molecule has 1 atom stereocenters. The minimum absolute atomic E-state index is 0.0118. The molecular weight excluding hydrogens is 296 g/mol. The molecule has 0 saturated carbocycles. The Balaban J connectivity index is 2.12. The van der Waals surface area contributed by atoms with Gasteiger partial charge in [0.15, 0.2) is 0 Å². The third-order valence-electron chi connectivity index (χ3n) is 4.15. The fraction of sp³-hybridized carbons (Fsp3) is 0.471. The molecule has 1 heterocycles. The number of anilines is 1. The topological polar surface area (TPSA) is 86.7 Å². The molecule has 1 fully saturated rings. The molecule has 1 unspecified atom stereocenters. The predicted molar refractivity (Wildman–Crippen MR) is 86.4 cm³/mol. The van der Waals surface area contributed by atoms with Gasteiger partial charge in [0.05, 0.1) is 5.56 Å². The Morgan fingerprint density at radius 2 is 2.04 bits per heavy atom. The number of aromatic carboxylic acids is 1. The number of carboxylic acid groups (broad SMARTS) is 1. The summed E-state index contributed by atoms with van der Waals surface area (Å²) in [6.07, 6.45) is 2.88. The van der Waals surface area contributed by atoms with Crippen molar-refractivity contribution in [3.05, 3.63) is 29.3 Å². The van der Waals surface area contributed by atoms with Crippen LogP contribution in [0, 0.1) is 6.92 Å². The molecule has 124 valence electrons. The summed E-state index contributed by atoms with van der Waals surface area (Å²) in [7, 11) is 0. The van der Waals surface area contributed by atoms with Gasteiger partial charge in [0.25, 0.3) is 0 Å². The SMILES string of the molecule is CCC(=O)N1CCCCC1C(=O)Nc1ccc(C(=O)O)c(C)c1. The molecule has 1 aromatic rings. The van der Waals surface area contributed by atoms with E-state index < -0.39 is 12.0 Å². The van der Waals surface area contributed by atoms with Crippen molar-refractivity contribution in [3.63, 3.8) is 0 Å². The van der Waals surface area contributed by atoms with Gasteiger partial charge in [-0.05, 0) is 49.9 Å².